The van der Waals surface area contributed by atoms with Crippen molar-refractivity contribution in [3.63, 3.8) is 0 Å². The summed E-state index contributed by atoms with van der Waals surface area (Å²) in [5.74, 6) is -0.751. The van der Waals surface area contributed by atoms with Gasteiger partial charge in [-0.1, -0.05) is 18.2 Å². The zero-order valence-corrected chi connectivity index (χ0v) is 16.1. The van der Waals surface area contributed by atoms with E-state index in [1.807, 2.05) is 18.2 Å². The van der Waals surface area contributed by atoms with E-state index < -0.39 is 17.8 Å². The Morgan fingerprint density at radius 3 is 2.58 bits per heavy atom. The van der Waals surface area contributed by atoms with Gasteiger partial charge in [0.25, 0.3) is 0 Å². The molecule has 0 aliphatic heterocycles. The maximum absolute atomic E-state index is 13.5. The van der Waals surface area contributed by atoms with Crippen LogP contribution in [0.2, 0.25) is 0 Å². The number of benzene rings is 2. The highest BCUT2D eigenvalue weighted by Gasteiger charge is 2.26. The van der Waals surface area contributed by atoms with Gasteiger partial charge in [-0.2, -0.15) is 0 Å². The molecule has 2 aromatic carbocycles. The molecule has 1 atom stereocenters. The summed E-state index contributed by atoms with van der Waals surface area (Å²) in [6, 6.07) is 10.1. The molecule has 0 radical (unpaired) electrons. The maximum atomic E-state index is 13.5. The molecule has 2 N–H and O–H groups in total. The average molecular weight is 423 g/mol. The SMILES string of the molecule is COc1ccc(CCC(=O)N(C)C(C(N)=O)c2cccc(F)c2)cc1Br. The first-order valence-corrected chi connectivity index (χ1v) is 8.75. The van der Waals surface area contributed by atoms with E-state index in [-0.39, 0.29) is 12.3 Å². The van der Waals surface area contributed by atoms with Gasteiger partial charge in [0.05, 0.1) is 11.6 Å². The Balaban J connectivity index is 2.09. The predicted octanol–water partition coefficient (Wildman–Crippen LogP) is 3.21. The van der Waals surface area contributed by atoms with Crippen molar-refractivity contribution in [1.29, 1.82) is 0 Å². The van der Waals surface area contributed by atoms with Crippen LogP contribution in [0.3, 0.4) is 0 Å². The lowest BCUT2D eigenvalue weighted by atomic mass is 10.0. The summed E-state index contributed by atoms with van der Waals surface area (Å²) in [7, 11) is 3.07. The maximum Gasteiger partial charge on any atom is 0.244 e. The third kappa shape index (κ3) is 4.82. The molecular weight excluding hydrogens is 403 g/mol. The van der Waals surface area contributed by atoms with Crippen LogP contribution in [-0.4, -0.2) is 30.9 Å². The Morgan fingerprint density at radius 2 is 2.00 bits per heavy atom. The molecule has 138 valence electrons. The minimum Gasteiger partial charge on any atom is -0.496 e. The molecule has 0 saturated heterocycles. The number of halogens is 2. The first-order valence-electron chi connectivity index (χ1n) is 7.96. The number of likely N-dealkylation sites (N-methyl/N-ethyl adjacent to an activating group) is 1. The average Bonchev–Trinajstić information content (AvgIpc) is 2.59. The van der Waals surface area contributed by atoms with Gasteiger partial charge in [0.15, 0.2) is 0 Å². The highest BCUT2D eigenvalue weighted by atomic mass is 79.9. The third-order valence-electron chi connectivity index (χ3n) is 4.06. The van der Waals surface area contributed by atoms with E-state index in [1.165, 1.54) is 30.1 Å². The number of hydrogen-bond acceptors (Lipinski definition) is 3. The Labute approximate surface area is 160 Å². The second kappa shape index (κ2) is 8.80. The molecule has 0 aliphatic carbocycles. The Morgan fingerprint density at radius 1 is 1.27 bits per heavy atom. The van der Waals surface area contributed by atoms with Gasteiger partial charge in [0.2, 0.25) is 11.8 Å². The van der Waals surface area contributed by atoms with Gasteiger partial charge in [-0.25, -0.2) is 4.39 Å². The number of rotatable bonds is 7. The van der Waals surface area contributed by atoms with Crippen LogP contribution in [0, 0.1) is 5.82 Å². The molecule has 1 unspecified atom stereocenters. The van der Waals surface area contributed by atoms with Gasteiger partial charge in [-0.15, -0.1) is 0 Å². The standard InChI is InChI=1S/C19H20BrFN2O3/c1-23(18(19(22)25)13-4-3-5-14(21)11-13)17(24)9-7-12-6-8-16(26-2)15(20)10-12/h3-6,8,10-11,18H,7,9H2,1-2H3,(H2,22,25). The predicted molar refractivity (Wildman–Crippen MR) is 100 cm³/mol. The first-order chi connectivity index (χ1) is 12.3. The van der Waals surface area contributed by atoms with Crippen LogP contribution in [0.1, 0.15) is 23.6 Å². The minimum atomic E-state index is -1.01. The highest BCUT2D eigenvalue weighted by Crippen LogP contribution is 2.26. The number of aryl methyl sites for hydroxylation is 1. The monoisotopic (exact) mass is 422 g/mol. The molecule has 7 heteroatoms. The van der Waals surface area contributed by atoms with Crippen LogP contribution in [0.4, 0.5) is 4.39 Å². The second-order valence-corrected chi connectivity index (χ2v) is 6.69. The molecule has 0 bridgehead atoms. The summed E-state index contributed by atoms with van der Waals surface area (Å²) in [5.41, 5.74) is 6.73. The van der Waals surface area contributed by atoms with Crippen molar-refractivity contribution in [1.82, 2.24) is 4.90 Å². The van der Waals surface area contributed by atoms with Crippen molar-refractivity contribution >= 4 is 27.7 Å². The summed E-state index contributed by atoms with van der Waals surface area (Å²) in [4.78, 5) is 25.6. The quantitative estimate of drug-likeness (QED) is 0.744. The van der Waals surface area contributed by atoms with Crippen molar-refractivity contribution in [3.8, 4) is 5.75 Å². The van der Waals surface area contributed by atoms with Crippen LogP contribution < -0.4 is 10.5 Å². The summed E-state index contributed by atoms with van der Waals surface area (Å²) in [6.07, 6.45) is 0.675. The zero-order valence-electron chi connectivity index (χ0n) is 14.5. The number of nitrogens with zero attached hydrogens (tertiary/aromatic N) is 1. The topological polar surface area (TPSA) is 72.6 Å². The van der Waals surface area contributed by atoms with Gasteiger partial charge in [-0.05, 0) is 57.7 Å². The number of ether oxygens (including phenoxy) is 1. The smallest absolute Gasteiger partial charge is 0.244 e. The molecule has 0 spiro atoms. The van der Waals surface area contributed by atoms with Crippen LogP contribution >= 0.6 is 15.9 Å². The summed E-state index contributed by atoms with van der Waals surface area (Å²) >= 11 is 3.41. The van der Waals surface area contributed by atoms with E-state index in [4.69, 9.17) is 10.5 Å². The van der Waals surface area contributed by atoms with Gasteiger partial charge < -0.3 is 15.4 Å². The molecule has 2 amide bonds. The summed E-state index contributed by atoms with van der Waals surface area (Å²) in [5, 5.41) is 0. The van der Waals surface area contributed by atoms with E-state index in [0.29, 0.717) is 17.7 Å². The molecule has 26 heavy (non-hydrogen) atoms. The summed E-state index contributed by atoms with van der Waals surface area (Å²) < 4.78 is 19.4. The lowest BCUT2D eigenvalue weighted by molar-refractivity contribution is -0.138. The molecule has 0 fully saturated rings. The minimum absolute atomic E-state index is 0.189. The zero-order chi connectivity index (χ0) is 19.3. The number of primary amides is 1. The Kier molecular flexibility index (Phi) is 6.74. The van der Waals surface area contributed by atoms with E-state index in [1.54, 1.807) is 13.2 Å². The molecule has 2 aromatic rings. The molecule has 0 aromatic heterocycles. The van der Waals surface area contributed by atoms with Crippen molar-refractivity contribution < 1.29 is 18.7 Å². The molecule has 2 rings (SSSR count). The largest absolute Gasteiger partial charge is 0.496 e. The van der Waals surface area contributed by atoms with Crippen LogP contribution in [0.5, 0.6) is 5.75 Å². The third-order valence-corrected chi connectivity index (χ3v) is 4.68. The highest BCUT2D eigenvalue weighted by molar-refractivity contribution is 9.10. The Hall–Kier alpha value is -2.41. The Bertz CT molecular complexity index is 813. The fourth-order valence-electron chi connectivity index (χ4n) is 2.69. The van der Waals surface area contributed by atoms with E-state index in [9.17, 15) is 14.0 Å². The fraction of sp³-hybridized carbons (Fsp3) is 0.263. The summed E-state index contributed by atoms with van der Waals surface area (Å²) in [6.45, 7) is 0. The number of nitrogens with two attached hydrogens (primary N) is 1. The number of amides is 2. The van der Waals surface area contributed by atoms with Gasteiger partial charge in [0.1, 0.15) is 17.6 Å². The van der Waals surface area contributed by atoms with E-state index in [2.05, 4.69) is 15.9 Å². The molecule has 0 aliphatic rings. The normalized spacial score (nSPS) is 11.7. The van der Waals surface area contributed by atoms with Crippen molar-refractivity contribution in [2.24, 2.45) is 5.73 Å². The van der Waals surface area contributed by atoms with Gasteiger partial charge >= 0.3 is 0 Å². The van der Waals surface area contributed by atoms with Gasteiger partial charge in [-0.3, -0.25) is 9.59 Å². The van der Waals surface area contributed by atoms with Crippen LogP contribution in [0.15, 0.2) is 46.9 Å². The van der Waals surface area contributed by atoms with E-state index >= 15 is 0 Å². The lowest BCUT2D eigenvalue weighted by Crippen LogP contribution is -2.39. The molecule has 0 heterocycles. The van der Waals surface area contributed by atoms with Crippen molar-refractivity contribution in [3.05, 3.63) is 63.9 Å². The molecule has 0 saturated carbocycles. The fourth-order valence-corrected chi connectivity index (χ4v) is 3.28. The van der Waals surface area contributed by atoms with Crippen LogP contribution in [-0.2, 0) is 16.0 Å². The van der Waals surface area contributed by atoms with Crippen molar-refractivity contribution in [2.75, 3.05) is 14.2 Å². The van der Waals surface area contributed by atoms with E-state index in [0.717, 1.165) is 10.0 Å². The number of carbonyl (C=O) groups is 2. The molecular formula is C19H20BrFN2O3. The lowest BCUT2D eigenvalue weighted by Gasteiger charge is -2.26. The van der Waals surface area contributed by atoms with Crippen molar-refractivity contribution in [2.45, 2.75) is 18.9 Å². The second-order valence-electron chi connectivity index (χ2n) is 5.83. The van der Waals surface area contributed by atoms with Crippen LogP contribution in [0.25, 0.3) is 0 Å². The first kappa shape index (κ1) is 19.9. The number of carbonyl (C=O) groups excluding carboxylic acids is 2. The van der Waals surface area contributed by atoms with Gasteiger partial charge in [0, 0.05) is 13.5 Å². The molecule has 5 nitrogen and oxygen atoms in total. The number of methoxy groups -OCH3 is 1. The number of hydrogen-bond donors (Lipinski definition) is 1.